The molecule has 8 nitrogen and oxygen atoms in total. The van der Waals surface area contributed by atoms with Crippen molar-refractivity contribution in [2.45, 2.75) is 75.1 Å². The number of esters is 2. The maximum atomic E-state index is 12.9. The highest BCUT2D eigenvalue weighted by Crippen LogP contribution is 2.39. The van der Waals surface area contributed by atoms with Gasteiger partial charge in [-0.15, -0.1) is 0 Å². The summed E-state index contributed by atoms with van der Waals surface area (Å²) in [5.74, 6) is -0.665. The van der Waals surface area contributed by atoms with Crippen molar-refractivity contribution in [1.82, 2.24) is 5.23 Å². The molecule has 0 N–H and O–H groups in total. The summed E-state index contributed by atoms with van der Waals surface area (Å²) in [7, 11) is 1.31. The molecule has 0 amide bonds. The molecule has 3 fully saturated rings. The Morgan fingerprint density at radius 2 is 1.60 bits per heavy atom. The predicted molar refractivity (Wildman–Crippen MR) is 125 cm³/mol. The van der Waals surface area contributed by atoms with Crippen LogP contribution in [-0.4, -0.2) is 54.9 Å². The Hall–Kier alpha value is -2.78. The first-order valence-electron chi connectivity index (χ1n) is 12.3. The summed E-state index contributed by atoms with van der Waals surface area (Å²) in [5.41, 5.74) is 1.71. The number of benzene rings is 2. The Labute approximate surface area is 205 Å². The Balaban J connectivity index is 1.33. The van der Waals surface area contributed by atoms with E-state index >= 15 is 0 Å². The van der Waals surface area contributed by atoms with E-state index in [0.29, 0.717) is 18.4 Å². The first kappa shape index (κ1) is 23.9. The number of hydrogen-bond acceptors (Lipinski definition) is 8. The van der Waals surface area contributed by atoms with Gasteiger partial charge in [0.05, 0.1) is 18.8 Å². The average molecular weight is 482 g/mol. The SMILES string of the molecule is COC(=O)[C@H]1C[C@@H]2[C@@H](OC(=O)c3ccccc3)C[C@@H](O[C@@H]3CCCC[C@H]3c3ccccc3)ON2O1. The zero-order chi connectivity index (χ0) is 24.2. The number of hydrogen-bond donors (Lipinski definition) is 0. The van der Waals surface area contributed by atoms with Crippen LogP contribution in [0.2, 0.25) is 0 Å². The van der Waals surface area contributed by atoms with Gasteiger partial charge in [0.15, 0.2) is 12.4 Å². The van der Waals surface area contributed by atoms with Gasteiger partial charge in [-0.3, -0.25) is 4.84 Å². The summed E-state index contributed by atoms with van der Waals surface area (Å²) >= 11 is 0. The third-order valence-corrected chi connectivity index (χ3v) is 7.02. The van der Waals surface area contributed by atoms with Crippen molar-refractivity contribution in [3.8, 4) is 0 Å². The molecule has 1 saturated carbocycles. The van der Waals surface area contributed by atoms with Crippen LogP contribution in [0.15, 0.2) is 60.7 Å². The number of nitrogens with zero attached hydrogens (tertiary/aromatic N) is 1. The quantitative estimate of drug-likeness (QED) is 0.569. The molecule has 0 aromatic heterocycles. The minimum atomic E-state index is -0.826. The van der Waals surface area contributed by atoms with Crippen molar-refractivity contribution in [1.29, 1.82) is 0 Å². The fraction of sp³-hybridized carbons (Fsp3) is 0.481. The summed E-state index contributed by atoms with van der Waals surface area (Å²) in [6.45, 7) is 0. The smallest absolute Gasteiger partial charge is 0.338 e. The fourth-order valence-electron chi connectivity index (χ4n) is 5.24. The van der Waals surface area contributed by atoms with E-state index in [0.717, 1.165) is 25.7 Å². The van der Waals surface area contributed by atoms with E-state index in [1.165, 1.54) is 17.9 Å². The van der Waals surface area contributed by atoms with Crippen LogP contribution in [-0.2, 0) is 28.7 Å². The van der Waals surface area contributed by atoms with Crippen LogP contribution in [0.3, 0.4) is 0 Å². The number of hydroxylamine groups is 2. The number of ether oxygens (including phenoxy) is 3. The zero-order valence-electron chi connectivity index (χ0n) is 19.8. The standard InChI is InChI=1S/C27H31NO7/c1-31-27(30)24-16-21-23(33-26(29)19-12-6-3-7-13-19)17-25(35-28(21)34-24)32-22-15-9-8-14-20(22)18-10-4-2-5-11-18/h2-7,10-13,20-25H,8-9,14-17H2,1H3/t20-,21+,22+,23-,24+,25-/m0/s1. The minimum absolute atomic E-state index is 0.0304. The molecule has 2 aromatic rings. The van der Waals surface area contributed by atoms with E-state index in [4.69, 9.17) is 23.9 Å². The van der Waals surface area contributed by atoms with Gasteiger partial charge in [0.25, 0.3) is 0 Å². The molecule has 5 rings (SSSR count). The van der Waals surface area contributed by atoms with E-state index in [2.05, 4.69) is 12.1 Å². The normalized spacial score (nSPS) is 30.9. The van der Waals surface area contributed by atoms with Gasteiger partial charge in [0.2, 0.25) is 0 Å². The lowest BCUT2D eigenvalue weighted by molar-refractivity contribution is -0.447. The first-order valence-corrected chi connectivity index (χ1v) is 12.3. The number of carbonyl (C=O) groups excluding carboxylic acids is 2. The third-order valence-electron chi connectivity index (χ3n) is 7.02. The number of carbonyl (C=O) groups is 2. The molecule has 2 saturated heterocycles. The molecule has 0 spiro atoms. The van der Waals surface area contributed by atoms with Gasteiger partial charge < -0.3 is 14.2 Å². The summed E-state index contributed by atoms with van der Waals surface area (Å²) < 4.78 is 17.3. The van der Waals surface area contributed by atoms with Crippen LogP contribution in [0, 0.1) is 0 Å². The maximum Gasteiger partial charge on any atom is 0.338 e. The minimum Gasteiger partial charge on any atom is -0.467 e. The molecule has 186 valence electrons. The Morgan fingerprint density at radius 3 is 2.34 bits per heavy atom. The van der Waals surface area contributed by atoms with Gasteiger partial charge in [-0.1, -0.05) is 66.6 Å². The highest BCUT2D eigenvalue weighted by atomic mass is 17.0. The lowest BCUT2D eigenvalue weighted by Crippen LogP contribution is -2.51. The Kier molecular flexibility index (Phi) is 7.43. The lowest BCUT2D eigenvalue weighted by atomic mass is 9.81. The van der Waals surface area contributed by atoms with Crippen molar-refractivity contribution in [2.24, 2.45) is 0 Å². The van der Waals surface area contributed by atoms with E-state index in [1.54, 1.807) is 24.3 Å². The first-order chi connectivity index (χ1) is 17.1. The van der Waals surface area contributed by atoms with Crippen molar-refractivity contribution >= 4 is 11.9 Å². The second kappa shape index (κ2) is 10.9. The number of methoxy groups -OCH3 is 1. The Morgan fingerprint density at radius 1 is 0.886 bits per heavy atom. The van der Waals surface area contributed by atoms with Crippen LogP contribution in [0.4, 0.5) is 0 Å². The van der Waals surface area contributed by atoms with Crippen LogP contribution in [0.1, 0.15) is 60.4 Å². The Bertz CT molecular complexity index is 1000. The van der Waals surface area contributed by atoms with Gasteiger partial charge in [0, 0.05) is 18.8 Å². The molecule has 0 unspecified atom stereocenters. The monoisotopic (exact) mass is 481 g/mol. The van der Waals surface area contributed by atoms with Gasteiger partial charge in [-0.2, -0.15) is 0 Å². The lowest BCUT2D eigenvalue weighted by Gasteiger charge is -2.41. The van der Waals surface area contributed by atoms with E-state index < -0.39 is 36.5 Å². The van der Waals surface area contributed by atoms with Crippen LogP contribution in [0.25, 0.3) is 0 Å². The molecule has 6 atom stereocenters. The third kappa shape index (κ3) is 5.41. The molecule has 3 aliphatic rings. The summed E-state index contributed by atoms with van der Waals surface area (Å²) in [6.07, 6.45) is 2.73. The van der Waals surface area contributed by atoms with Crippen molar-refractivity contribution < 1.29 is 33.5 Å². The van der Waals surface area contributed by atoms with Crippen molar-refractivity contribution in [3.05, 3.63) is 71.8 Å². The second-order valence-corrected chi connectivity index (χ2v) is 9.26. The van der Waals surface area contributed by atoms with Gasteiger partial charge in [-0.05, 0) is 30.5 Å². The van der Waals surface area contributed by atoms with E-state index in [1.807, 2.05) is 24.3 Å². The molecular weight excluding hydrogens is 450 g/mol. The van der Waals surface area contributed by atoms with Gasteiger partial charge >= 0.3 is 11.9 Å². The highest BCUT2D eigenvalue weighted by Gasteiger charge is 2.50. The molecule has 2 aliphatic heterocycles. The van der Waals surface area contributed by atoms with Crippen molar-refractivity contribution in [3.63, 3.8) is 0 Å². The molecule has 35 heavy (non-hydrogen) atoms. The van der Waals surface area contributed by atoms with Gasteiger partial charge in [-0.25, -0.2) is 14.4 Å². The fourth-order valence-corrected chi connectivity index (χ4v) is 5.24. The molecule has 8 heteroatoms. The predicted octanol–water partition coefficient (Wildman–Crippen LogP) is 4.16. The van der Waals surface area contributed by atoms with Crippen LogP contribution >= 0.6 is 0 Å². The largest absolute Gasteiger partial charge is 0.467 e. The molecular formula is C27H31NO7. The number of rotatable bonds is 6. The summed E-state index contributed by atoms with van der Waals surface area (Å²) in [6, 6.07) is 18.8. The van der Waals surface area contributed by atoms with E-state index in [9.17, 15) is 9.59 Å². The maximum absolute atomic E-state index is 12.9. The molecule has 2 aromatic carbocycles. The molecule has 0 bridgehead atoms. The zero-order valence-corrected chi connectivity index (χ0v) is 19.8. The van der Waals surface area contributed by atoms with Crippen LogP contribution < -0.4 is 0 Å². The molecule has 2 heterocycles. The average Bonchev–Trinajstić information content (AvgIpc) is 3.34. The number of fused-ring (bicyclic) bond motifs is 1. The van der Waals surface area contributed by atoms with Gasteiger partial charge in [0.1, 0.15) is 12.1 Å². The molecule has 1 aliphatic carbocycles. The summed E-state index contributed by atoms with van der Waals surface area (Å²) in [5, 5.41) is 1.28. The summed E-state index contributed by atoms with van der Waals surface area (Å²) in [4.78, 5) is 36.8. The van der Waals surface area contributed by atoms with Crippen LogP contribution in [0.5, 0.6) is 0 Å². The highest BCUT2D eigenvalue weighted by molar-refractivity contribution is 5.89. The van der Waals surface area contributed by atoms with E-state index in [-0.39, 0.29) is 12.0 Å². The van der Waals surface area contributed by atoms with Crippen molar-refractivity contribution in [2.75, 3.05) is 7.11 Å². The topological polar surface area (TPSA) is 83.5 Å². The second-order valence-electron chi connectivity index (χ2n) is 9.26. The molecule has 0 radical (unpaired) electrons.